The number of carbonyl (C=O) groups is 2. The Morgan fingerprint density at radius 3 is 2.22 bits per heavy atom. The Morgan fingerprint density at radius 1 is 1.17 bits per heavy atom. The summed E-state index contributed by atoms with van der Waals surface area (Å²) in [6, 6.07) is -0.342. The van der Waals surface area contributed by atoms with Crippen molar-refractivity contribution in [3.8, 4) is 12.3 Å². The molecule has 1 fully saturated rings. The number of nitrogens with one attached hydrogen (secondary N) is 1. The fourth-order valence-electron chi connectivity index (χ4n) is 2.37. The summed E-state index contributed by atoms with van der Waals surface area (Å²) in [6.07, 6.45) is 5.49. The highest BCUT2D eigenvalue weighted by atomic mass is 16.6. The standard InChI is InChI=1S/C17H28N2O4/c1-8-9-13-10-12(18-14(20)22-16(2,3)4)11-19(13)15(21)23-17(5,6)7/h1,12-13H,9-11H2,2-7H3,(H,18,20)/t12-,13-/m1/s1. The van der Waals surface area contributed by atoms with E-state index in [1.165, 1.54) is 0 Å². The van der Waals surface area contributed by atoms with Crippen LogP contribution in [0.1, 0.15) is 54.4 Å². The minimum atomic E-state index is -0.575. The molecule has 0 unspecified atom stereocenters. The zero-order chi connectivity index (χ0) is 17.8. The van der Waals surface area contributed by atoms with Crippen LogP contribution in [0.5, 0.6) is 0 Å². The lowest BCUT2D eigenvalue weighted by Gasteiger charge is -2.27. The molecule has 1 aliphatic heterocycles. The number of terminal acetylenes is 1. The Bertz CT molecular complexity index is 482. The smallest absolute Gasteiger partial charge is 0.410 e. The van der Waals surface area contributed by atoms with Gasteiger partial charge in [0.15, 0.2) is 0 Å². The maximum absolute atomic E-state index is 12.3. The van der Waals surface area contributed by atoms with Gasteiger partial charge in [-0.2, -0.15) is 0 Å². The number of alkyl carbamates (subject to hydrolysis) is 1. The fourth-order valence-corrected chi connectivity index (χ4v) is 2.37. The Hall–Kier alpha value is -1.90. The first kappa shape index (κ1) is 19.1. The van der Waals surface area contributed by atoms with E-state index in [1.807, 2.05) is 20.8 Å². The summed E-state index contributed by atoms with van der Waals surface area (Å²) in [5, 5.41) is 2.79. The first-order chi connectivity index (χ1) is 10.4. The number of nitrogens with zero attached hydrogens (tertiary/aromatic N) is 1. The van der Waals surface area contributed by atoms with Crippen molar-refractivity contribution in [3.63, 3.8) is 0 Å². The van der Waals surface area contributed by atoms with E-state index >= 15 is 0 Å². The third kappa shape index (κ3) is 6.81. The van der Waals surface area contributed by atoms with Gasteiger partial charge in [0.25, 0.3) is 0 Å². The van der Waals surface area contributed by atoms with Gasteiger partial charge in [-0.15, -0.1) is 12.3 Å². The van der Waals surface area contributed by atoms with Crippen LogP contribution in [0.3, 0.4) is 0 Å². The maximum atomic E-state index is 12.3. The minimum absolute atomic E-state index is 0.144. The van der Waals surface area contributed by atoms with Crippen LogP contribution in [0.4, 0.5) is 9.59 Å². The molecule has 0 aromatic rings. The number of hydrogen-bond donors (Lipinski definition) is 1. The van der Waals surface area contributed by atoms with Crippen molar-refractivity contribution in [3.05, 3.63) is 0 Å². The summed E-state index contributed by atoms with van der Waals surface area (Å²) in [6.45, 7) is 11.2. The van der Waals surface area contributed by atoms with Gasteiger partial charge in [-0.3, -0.25) is 0 Å². The van der Waals surface area contributed by atoms with Gasteiger partial charge in [0.05, 0.1) is 6.04 Å². The van der Waals surface area contributed by atoms with E-state index in [0.717, 1.165) is 0 Å². The predicted molar refractivity (Wildman–Crippen MR) is 88.0 cm³/mol. The van der Waals surface area contributed by atoms with Crippen molar-refractivity contribution in [1.82, 2.24) is 10.2 Å². The molecule has 0 aliphatic carbocycles. The predicted octanol–water partition coefficient (Wildman–Crippen LogP) is 2.91. The zero-order valence-corrected chi connectivity index (χ0v) is 14.9. The second kappa shape index (κ2) is 7.12. The number of carbonyl (C=O) groups excluding carboxylic acids is 2. The topological polar surface area (TPSA) is 67.9 Å². The Kier molecular flexibility index (Phi) is 5.92. The fraction of sp³-hybridized carbons (Fsp3) is 0.765. The van der Waals surface area contributed by atoms with Crippen LogP contribution < -0.4 is 5.32 Å². The molecule has 1 rings (SSSR count). The van der Waals surface area contributed by atoms with Gasteiger partial charge < -0.3 is 19.7 Å². The summed E-state index contributed by atoms with van der Waals surface area (Å²) in [4.78, 5) is 25.8. The molecule has 0 aromatic heterocycles. The average molecular weight is 324 g/mol. The molecule has 6 heteroatoms. The van der Waals surface area contributed by atoms with Crippen LogP contribution in [-0.2, 0) is 9.47 Å². The lowest BCUT2D eigenvalue weighted by Crippen LogP contribution is -2.43. The van der Waals surface area contributed by atoms with Crippen molar-refractivity contribution < 1.29 is 19.1 Å². The summed E-state index contributed by atoms with van der Waals surface area (Å²) >= 11 is 0. The van der Waals surface area contributed by atoms with Gasteiger partial charge in [0, 0.05) is 19.0 Å². The summed E-state index contributed by atoms with van der Waals surface area (Å²) in [5.41, 5.74) is -1.14. The van der Waals surface area contributed by atoms with E-state index in [0.29, 0.717) is 19.4 Å². The van der Waals surface area contributed by atoms with Crippen LogP contribution in [0, 0.1) is 12.3 Å². The van der Waals surface area contributed by atoms with E-state index in [2.05, 4.69) is 11.2 Å². The van der Waals surface area contributed by atoms with Crippen LogP contribution in [0.15, 0.2) is 0 Å². The van der Waals surface area contributed by atoms with Crippen molar-refractivity contribution >= 4 is 12.2 Å². The molecule has 1 saturated heterocycles. The molecular weight excluding hydrogens is 296 g/mol. The number of likely N-dealkylation sites (tertiary alicyclic amines) is 1. The van der Waals surface area contributed by atoms with Crippen LogP contribution >= 0.6 is 0 Å². The highest BCUT2D eigenvalue weighted by Crippen LogP contribution is 2.23. The Balaban J connectivity index is 2.69. The number of ether oxygens (including phenoxy) is 2. The van der Waals surface area contributed by atoms with Gasteiger partial charge >= 0.3 is 12.2 Å². The molecule has 130 valence electrons. The molecule has 0 spiro atoms. The van der Waals surface area contributed by atoms with Crippen LogP contribution in [0.25, 0.3) is 0 Å². The van der Waals surface area contributed by atoms with Crippen molar-refractivity contribution in [2.45, 2.75) is 77.7 Å². The number of rotatable bonds is 2. The summed E-state index contributed by atoms with van der Waals surface area (Å²) in [7, 11) is 0. The lowest BCUT2D eigenvalue weighted by atomic mass is 10.1. The highest BCUT2D eigenvalue weighted by molar-refractivity contribution is 5.71. The first-order valence-corrected chi connectivity index (χ1v) is 7.84. The molecule has 6 nitrogen and oxygen atoms in total. The Labute approximate surface area is 138 Å². The molecule has 1 N–H and O–H groups in total. The third-order valence-corrected chi connectivity index (χ3v) is 3.12. The molecule has 23 heavy (non-hydrogen) atoms. The number of hydrogen-bond acceptors (Lipinski definition) is 4. The maximum Gasteiger partial charge on any atom is 0.410 e. The lowest BCUT2D eigenvalue weighted by molar-refractivity contribution is 0.0221. The Morgan fingerprint density at radius 2 is 1.74 bits per heavy atom. The molecular formula is C17H28N2O4. The number of amides is 2. The van der Waals surface area contributed by atoms with Gasteiger partial charge in [0.2, 0.25) is 0 Å². The molecule has 0 bridgehead atoms. The van der Waals surface area contributed by atoms with Gasteiger partial charge in [0.1, 0.15) is 11.2 Å². The van der Waals surface area contributed by atoms with Gasteiger partial charge in [-0.25, -0.2) is 9.59 Å². The van der Waals surface area contributed by atoms with Crippen molar-refractivity contribution in [2.75, 3.05) is 6.54 Å². The van der Waals surface area contributed by atoms with Crippen LogP contribution in [-0.4, -0.2) is 46.9 Å². The largest absolute Gasteiger partial charge is 0.444 e. The van der Waals surface area contributed by atoms with E-state index in [4.69, 9.17) is 15.9 Å². The molecule has 1 heterocycles. The van der Waals surface area contributed by atoms with Crippen LogP contribution in [0.2, 0.25) is 0 Å². The van der Waals surface area contributed by atoms with E-state index in [1.54, 1.807) is 25.7 Å². The molecule has 0 radical (unpaired) electrons. The first-order valence-electron chi connectivity index (χ1n) is 7.84. The summed E-state index contributed by atoms with van der Waals surface area (Å²) in [5.74, 6) is 2.58. The zero-order valence-electron chi connectivity index (χ0n) is 14.9. The quantitative estimate of drug-likeness (QED) is 0.793. The van der Waals surface area contributed by atoms with Crippen molar-refractivity contribution in [2.24, 2.45) is 0 Å². The normalized spacial score (nSPS) is 21.5. The highest BCUT2D eigenvalue weighted by Gasteiger charge is 2.38. The second-order valence-electron chi connectivity index (χ2n) is 7.77. The minimum Gasteiger partial charge on any atom is -0.444 e. The monoisotopic (exact) mass is 324 g/mol. The van der Waals surface area contributed by atoms with E-state index in [9.17, 15) is 9.59 Å². The van der Waals surface area contributed by atoms with E-state index in [-0.39, 0.29) is 12.1 Å². The van der Waals surface area contributed by atoms with Crippen molar-refractivity contribution in [1.29, 1.82) is 0 Å². The average Bonchev–Trinajstić information content (AvgIpc) is 2.67. The third-order valence-electron chi connectivity index (χ3n) is 3.12. The van der Waals surface area contributed by atoms with Gasteiger partial charge in [-0.05, 0) is 48.0 Å². The molecule has 0 saturated carbocycles. The molecule has 2 amide bonds. The second-order valence-corrected chi connectivity index (χ2v) is 7.77. The molecule has 0 aromatic carbocycles. The molecule has 1 aliphatic rings. The molecule has 2 atom stereocenters. The van der Waals surface area contributed by atoms with E-state index < -0.39 is 23.4 Å². The summed E-state index contributed by atoms with van der Waals surface area (Å²) < 4.78 is 10.7. The SMILES string of the molecule is C#CC[C@@H]1C[C@@H](NC(=O)OC(C)(C)C)CN1C(=O)OC(C)(C)C. The van der Waals surface area contributed by atoms with Gasteiger partial charge in [-0.1, -0.05) is 0 Å².